The predicted octanol–water partition coefficient (Wildman–Crippen LogP) is 6.29. The molecule has 0 aliphatic rings. The average Bonchev–Trinajstić information content (AvgIpc) is 2.69. The van der Waals surface area contributed by atoms with E-state index in [1.807, 2.05) is 48.7 Å². The van der Waals surface area contributed by atoms with Crippen LogP contribution < -0.4 is 5.32 Å². The van der Waals surface area contributed by atoms with Crippen LogP contribution in [0.2, 0.25) is 0 Å². The third kappa shape index (κ3) is 3.50. The van der Waals surface area contributed by atoms with Gasteiger partial charge in [0.2, 0.25) is 0 Å². The lowest BCUT2D eigenvalue weighted by atomic mass is 10.0. The van der Waals surface area contributed by atoms with Gasteiger partial charge in [-0.3, -0.25) is 0 Å². The fraction of sp³-hybridized carbons (Fsp3) is 0.0417. The van der Waals surface area contributed by atoms with Gasteiger partial charge in [0.1, 0.15) is 0 Å². The van der Waals surface area contributed by atoms with Crippen LogP contribution >= 0.6 is 0 Å². The van der Waals surface area contributed by atoms with Crippen LogP contribution in [0.25, 0.3) is 28.1 Å². The maximum atomic E-state index is 4.81. The van der Waals surface area contributed by atoms with Gasteiger partial charge < -0.3 is 5.32 Å². The SMILES string of the molecule is Cc1cc2cc(-c3ccccc3)ccc2nc1/C=C/Nc1ccccc1. The lowest BCUT2D eigenvalue weighted by Gasteiger charge is -2.07. The standard InChI is InChI=1S/C24H20N2/c1-18-16-21-17-20(19-8-4-2-5-9-19)12-13-24(21)26-23(18)14-15-25-22-10-6-3-7-11-22/h2-17,25H,1H3/b15-14+. The number of anilines is 1. The second kappa shape index (κ2) is 7.24. The van der Waals surface area contributed by atoms with Crippen molar-refractivity contribution in [2.45, 2.75) is 6.92 Å². The van der Waals surface area contributed by atoms with E-state index in [0.29, 0.717) is 0 Å². The first kappa shape index (κ1) is 16.1. The summed E-state index contributed by atoms with van der Waals surface area (Å²) in [6, 6.07) is 29.2. The van der Waals surface area contributed by atoms with Gasteiger partial charge in [-0.2, -0.15) is 0 Å². The highest BCUT2D eigenvalue weighted by atomic mass is 14.8. The first-order chi connectivity index (χ1) is 12.8. The van der Waals surface area contributed by atoms with Crippen molar-refractivity contribution in [1.29, 1.82) is 0 Å². The molecule has 4 rings (SSSR count). The molecule has 0 aliphatic heterocycles. The quantitative estimate of drug-likeness (QED) is 0.473. The van der Waals surface area contributed by atoms with Gasteiger partial charge in [-0.15, -0.1) is 0 Å². The number of nitrogens with one attached hydrogen (secondary N) is 1. The van der Waals surface area contributed by atoms with Crippen LogP contribution in [0, 0.1) is 6.92 Å². The molecule has 0 fully saturated rings. The number of para-hydroxylation sites is 1. The van der Waals surface area contributed by atoms with E-state index in [0.717, 1.165) is 27.8 Å². The van der Waals surface area contributed by atoms with Gasteiger partial charge in [0.25, 0.3) is 0 Å². The van der Waals surface area contributed by atoms with E-state index >= 15 is 0 Å². The minimum Gasteiger partial charge on any atom is -0.362 e. The van der Waals surface area contributed by atoms with Crippen molar-refractivity contribution >= 4 is 22.7 Å². The molecule has 0 unspecified atom stereocenters. The minimum atomic E-state index is 0.980. The van der Waals surface area contributed by atoms with Crippen LogP contribution in [0.1, 0.15) is 11.3 Å². The molecule has 0 bridgehead atoms. The van der Waals surface area contributed by atoms with Crippen LogP contribution in [0.15, 0.2) is 91.1 Å². The highest BCUT2D eigenvalue weighted by molar-refractivity contribution is 5.86. The Labute approximate surface area is 153 Å². The second-order valence-corrected chi connectivity index (χ2v) is 6.31. The molecule has 126 valence electrons. The number of benzene rings is 3. The molecular formula is C24H20N2. The lowest BCUT2D eigenvalue weighted by molar-refractivity contribution is 1.29. The topological polar surface area (TPSA) is 24.9 Å². The van der Waals surface area contributed by atoms with Crippen LogP contribution in [-0.2, 0) is 0 Å². The summed E-state index contributed by atoms with van der Waals surface area (Å²) >= 11 is 0. The fourth-order valence-electron chi connectivity index (χ4n) is 3.03. The Morgan fingerprint density at radius 1 is 0.769 bits per heavy atom. The zero-order valence-corrected chi connectivity index (χ0v) is 14.7. The first-order valence-electron chi connectivity index (χ1n) is 8.74. The van der Waals surface area contributed by atoms with E-state index in [1.165, 1.54) is 11.1 Å². The Balaban J connectivity index is 1.62. The molecule has 4 aromatic rings. The van der Waals surface area contributed by atoms with Crippen LogP contribution in [0.5, 0.6) is 0 Å². The van der Waals surface area contributed by atoms with Gasteiger partial charge in [0.15, 0.2) is 0 Å². The van der Waals surface area contributed by atoms with Gasteiger partial charge in [0, 0.05) is 17.3 Å². The summed E-state index contributed by atoms with van der Waals surface area (Å²) in [5.74, 6) is 0. The highest BCUT2D eigenvalue weighted by Crippen LogP contribution is 2.25. The summed E-state index contributed by atoms with van der Waals surface area (Å²) in [5, 5.41) is 4.44. The molecule has 0 aliphatic carbocycles. The largest absolute Gasteiger partial charge is 0.362 e. The fourth-order valence-corrected chi connectivity index (χ4v) is 3.03. The van der Waals surface area contributed by atoms with Gasteiger partial charge in [-0.25, -0.2) is 4.98 Å². The lowest BCUT2D eigenvalue weighted by Crippen LogP contribution is -1.91. The van der Waals surface area contributed by atoms with Crippen molar-refractivity contribution < 1.29 is 0 Å². The van der Waals surface area contributed by atoms with E-state index in [9.17, 15) is 0 Å². The van der Waals surface area contributed by atoms with E-state index in [2.05, 4.69) is 60.8 Å². The van der Waals surface area contributed by atoms with Crippen molar-refractivity contribution in [3.63, 3.8) is 0 Å². The summed E-state index contributed by atoms with van der Waals surface area (Å²) in [4.78, 5) is 4.81. The number of hydrogen-bond donors (Lipinski definition) is 1. The van der Waals surface area contributed by atoms with Crippen LogP contribution in [0.3, 0.4) is 0 Å². The number of pyridine rings is 1. The Hall–Kier alpha value is -3.39. The maximum Gasteiger partial charge on any atom is 0.0709 e. The molecule has 26 heavy (non-hydrogen) atoms. The summed E-state index contributed by atoms with van der Waals surface area (Å²) in [6.45, 7) is 2.10. The van der Waals surface area contributed by atoms with Crippen molar-refractivity contribution in [2.24, 2.45) is 0 Å². The van der Waals surface area contributed by atoms with E-state index in [1.54, 1.807) is 0 Å². The number of nitrogens with zero attached hydrogens (tertiary/aromatic N) is 1. The van der Waals surface area contributed by atoms with Gasteiger partial charge in [0.05, 0.1) is 11.2 Å². The van der Waals surface area contributed by atoms with E-state index < -0.39 is 0 Å². The molecule has 1 aromatic heterocycles. The molecule has 0 amide bonds. The molecule has 3 aromatic carbocycles. The second-order valence-electron chi connectivity index (χ2n) is 6.31. The molecule has 0 saturated heterocycles. The number of fused-ring (bicyclic) bond motifs is 1. The van der Waals surface area contributed by atoms with E-state index in [4.69, 9.17) is 4.98 Å². The van der Waals surface area contributed by atoms with E-state index in [-0.39, 0.29) is 0 Å². The summed E-state index contributed by atoms with van der Waals surface area (Å²) < 4.78 is 0. The zero-order chi connectivity index (χ0) is 17.8. The third-order valence-electron chi connectivity index (χ3n) is 4.42. The number of rotatable bonds is 4. The van der Waals surface area contributed by atoms with Crippen molar-refractivity contribution in [2.75, 3.05) is 5.32 Å². The molecule has 0 saturated carbocycles. The maximum absolute atomic E-state index is 4.81. The summed E-state index contributed by atoms with van der Waals surface area (Å²) in [7, 11) is 0. The van der Waals surface area contributed by atoms with Crippen molar-refractivity contribution in [3.05, 3.63) is 102 Å². The molecule has 2 nitrogen and oxygen atoms in total. The molecule has 1 heterocycles. The first-order valence-corrected chi connectivity index (χ1v) is 8.74. The summed E-state index contributed by atoms with van der Waals surface area (Å²) in [6.07, 6.45) is 3.96. The number of aryl methyl sites for hydroxylation is 1. The van der Waals surface area contributed by atoms with Crippen LogP contribution in [-0.4, -0.2) is 4.98 Å². The Morgan fingerprint density at radius 3 is 2.27 bits per heavy atom. The predicted molar refractivity (Wildman–Crippen MR) is 111 cm³/mol. The molecule has 0 spiro atoms. The molecule has 0 atom stereocenters. The third-order valence-corrected chi connectivity index (χ3v) is 4.42. The Morgan fingerprint density at radius 2 is 1.50 bits per heavy atom. The molecule has 1 N–H and O–H groups in total. The smallest absolute Gasteiger partial charge is 0.0709 e. The van der Waals surface area contributed by atoms with Crippen molar-refractivity contribution in [3.8, 4) is 11.1 Å². The number of aromatic nitrogens is 1. The molecular weight excluding hydrogens is 316 g/mol. The Bertz CT molecular complexity index is 1050. The molecule has 0 radical (unpaired) electrons. The zero-order valence-electron chi connectivity index (χ0n) is 14.7. The minimum absolute atomic E-state index is 0.980. The van der Waals surface area contributed by atoms with Gasteiger partial charge >= 0.3 is 0 Å². The highest BCUT2D eigenvalue weighted by Gasteiger charge is 2.04. The van der Waals surface area contributed by atoms with Gasteiger partial charge in [-0.05, 0) is 60.0 Å². The average molecular weight is 336 g/mol. The normalized spacial score (nSPS) is 11.1. The summed E-state index contributed by atoms with van der Waals surface area (Å²) in [5.41, 5.74) is 6.66. The number of hydrogen-bond acceptors (Lipinski definition) is 2. The Kier molecular flexibility index (Phi) is 4.48. The van der Waals surface area contributed by atoms with Gasteiger partial charge in [-0.1, -0.05) is 54.6 Å². The molecule has 2 heteroatoms. The monoisotopic (exact) mass is 336 g/mol. The van der Waals surface area contributed by atoms with Crippen LogP contribution in [0.4, 0.5) is 5.69 Å². The van der Waals surface area contributed by atoms with Crippen molar-refractivity contribution in [1.82, 2.24) is 4.98 Å².